The van der Waals surface area contributed by atoms with Crippen molar-refractivity contribution in [2.24, 2.45) is 10.3 Å². The summed E-state index contributed by atoms with van der Waals surface area (Å²) in [6.07, 6.45) is 0. The molecule has 0 amide bonds. The molecule has 0 aliphatic heterocycles. The SMILES string of the molecule is CC(C)/C([O-])=N/S(=O)(=O)C(C)C. The first kappa shape index (κ1) is 11.4. The van der Waals surface area contributed by atoms with Crippen molar-refractivity contribution in [2.45, 2.75) is 32.9 Å². The Morgan fingerprint density at radius 3 is 1.92 bits per heavy atom. The Labute approximate surface area is 73.4 Å². The average Bonchev–Trinajstić information content (AvgIpc) is 1.85. The molecule has 0 unspecified atom stereocenters. The summed E-state index contributed by atoms with van der Waals surface area (Å²) in [6, 6.07) is 0. The molecule has 0 fully saturated rings. The summed E-state index contributed by atoms with van der Waals surface area (Å²) in [7, 11) is -3.57. The molecule has 72 valence electrons. The van der Waals surface area contributed by atoms with Crippen LogP contribution in [0.15, 0.2) is 4.40 Å². The van der Waals surface area contributed by atoms with Gasteiger partial charge in [0.25, 0.3) is 10.0 Å². The van der Waals surface area contributed by atoms with Gasteiger partial charge in [0.05, 0.1) is 5.25 Å². The molecule has 0 atom stereocenters. The van der Waals surface area contributed by atoms with E-state index >= 15 is 0 Å². The fourth-order valence-corrected chi connectivity index (χ4v) is 1.01. The standard InChI is InChI=1S/C7H15NO3S/c1-5(2)7(9)8-12(10,11)6(3)4/h5-6H,1-4H3,(H,8,9)/p-1. The fraction of sp³-hybridized carbons (Fsp3) is 0.857. The highest BCUT2D eigenvalue weighted by Crippen LogP contribution is 2.04. The maximum Gasteiger partial charge on any atom is 0.254 e. The van der Waals surface area contributed by atoms with Crippen LogP contribution in [0, 0.1) is 5.92 Å². The summed E-state index contributed by atoms with van der Waals surface area (Å²) in [6.45, 7) is 6.21. The maximum absolute atomic E-state index is 11.1. The molecule has 0 spiro atoms. The number of hydrogen-bond acceptors (Lipinski definition) is 3. The summed E-state index contributed by atoms with van der Waals surface area (Å²) in [5, 5.41) is 10.3. The van der Waals surface area contributed by atoms with Crippen LogP contribution >= 0.6 is 0 Å². The Bertz CT molecular complexity index is 264. The third-order valence-corrected chi connectivity index (χ3v) is 2.93. The van der Waals surface area contributed by atoms with Crippen molar-refractivity contribution < 1.29 is 13.5 Å². The molecule has 0 aliphatic carbocycles. The van der Waals surface area contributed by atoms with Crippen molar-refractivity contribution >= 4 is 15.9 Å². The largest absolute Gasteiger partial charge is 0.861 e. The Kier molecular flexibility index (Phi) is 3.70. The number of hydrogen-bond donors (Lipinski definition) is 0. The predicted octanol–water partition coefficient (Wildman–Crippen LogP) is 0.139. The monoisotopic (exact) mass is 192 g/mol. The van der Waals surface area contributed by atoms with Crippen LogP contribution in [0.2, 0.25) is 0 Å². The molecule has 0 bridgehead atoms. The van der Waals surface area contributed by atoms with Crippen LogP contribution in [0.25, 0.3) is 0 Å². The zero-order valence-electron chi connectivity index (χ0n) is 7.73. The van der Waals surface area contributed by atoms with Gasteiger partial charge in [-0.3, -0.25) is 0 Å². The van der Waals surface area contributed by atoms with Crippen molar-refractivity contribution in [1.82, 2.24) is 0 Å². The van der Waals surface area contributed by atoms with Gasteiger partial charge in [0.2, 0.25) is 0 Å². The van der Waals surface area contributed by atoms with Gasteiger partial charge in [-0.1, -0.05) is 13.8 Å². The highest BCUT2D eigenvalue weighted by atomic mass is 32.2. The summed E-state index contributed by atoms with van der Waals surface area (Å²) in [4.78, 5) is 0. The first-order valence-corrected chi connectivity index (χ1v) is 5.28. The maximum atomic E-state index is 11.1. The lowest BCUT2D eigenvalue weighted by molar-refractivity contribution is -0.222. The van der Waals surface area contributed by atoms with Crippen molar-refractivity contribution in [3.8, 4) is 0 Å². The Balaban J connectivity index is 4.76. The third-order valence-electron chi connectivity index (χ3n) is 1.31. The minimum atomic E-state index is -3.57. The summed E-state index contributed by atoms with van der Waals surface area (Å²) >= 11 is 0. The lowest BCUT2D eigenvalue weighted by Crippen LogP contribution is -2.26. The molecular weight excluding hydrogens is 178 g/mol. The van der Waals surface area contributed by atoms with E-state index in [0.29, 0.717) is 0 Å². The Morgan fingerprint density at radius 1 is 1.25 bits per heavy atom. The van der Waals surface area contributed by atoms with E-state index in [-0.39, 0.29) is 5.92 Å². The number of nitrogens with zero attached hydrogens (tertiary/aromatic N) is 1. The number of rotatable bonds is 3. The second kappa shape index (κ2) is 3.89. The van der Waals surface area contributed by atoms with Crippen LogP contribution in [-0.4, -0.2) is 19.6 Å². The van der Waals surface area contributed by atoms with Gasteiger partial charge in [0.1, 0.15) is 0 Å². The van der Waals surface area contributed by atoms with Gasteiger partial charge < -0.3 is 5.11 Å². The van der Waals surface area contributed by atoms with Crippen LogP contribution in [-0.2, 0) is 10.0 Å². The van der Waals surface area contributed by atoms with Gasteiger partial charge in [-0.15, -0.1) is 0 Å². The van der Waals surface area contributed by atoms with Gasteiger partial charge in [-0.2, -0.15) is 4.40 Å². The smallest absolute Gasteiger partial charge is 0.254 e. The highest BCUT2D eigenvalue weighted by Gasteiger charge is 2.13. The molecule has 12 heavy (non-hydrogen) atoms. The molecule has 0 aromatic carbocycles. The van der Waals surface area contributed by atoms with E-state index in [1.165, 1.54) is 13.8 Å². The molecular formula is C7H14NO3S-. The van der Waals surface area contributed by atoms with Crippen molar-refractivity contribution in [2.75, 3.05) is 0 Å². The molecule has 0 aliphatic rings. The van der Waals surface area contributed by atoms with E-state index in [4.69, 9.17) is 0 Å². The van der Waals surface area contributed by atoms with E-state index in [2.05, 4.69) is 4.40 Å². The first-order chi connectivity index (χ1) is 5.27. The topological polar surface area (TPSA) is 69.6 Å². The van der Waals surface area contributed by atoms with E-state index in [9.17, 15) is 13.5 Å². The molecule has 0 saturated carbocycles. The Hall–Kier alpha value is -0.580. The molecule has 4 nitrogen and oxygen atoms in total. The summed E-state index contributed by atoms with van der Waals surface area (Å²) in [5.74, 6) is -0.942. The van der Waals surface area contributed by atoms with Gasteiger partial charge in [-0.25, -0.2) is 8.42 Å². The molecule has 0 heterocycles. The van der Waals surface area contributed by atoms with Crippen LogP contribution < -0.4 is 5.11 Å². The molecule has 0 saturated heterocycles. The van der Waals surface area contributed by atoms with E-state index in [0.717, 1.165) is 0 Å². The van der Waals surface area contributed by atoms with Crippen LogP contribution in [0.1, 0.15) is 27.7 Å². The highest BCUT2D eigenvalue weighted by molar-refractivity contribution is 7.90. The lowest BCUT2D eigenvalue weighted by Gasteiger charge is -2.14. The van der Waals surface area contributed by atoms with E-state index < -0.39 is 21.2 Å². The van der Waals surface area contributed by atoms with Gasteiger partial charge in [0, 0.05) is 0 Å². The van der Waals surface area contributed by atoms with Gasteiger partial charge in [0.15, 0.2) is 0 Å². The second-order valence-corrected chi connectivity index (χ2v) is 5.30. The predicted molar refractivity (Wildman–Crippen MR) is 46.3 cm³/mol. The van der Waals surface area contributed by atoms with Crippen LogP contribution in [0.3, 0.4) is 0 Å². The summed E-state index contributed by atoms with van der Waals surface area (Å²) in [5.41, 5.74) is 0. The normalized spacial score (nSPS) is 14.3. The fourth-order valence-electron chi connectivity index (χ4n) is 0.336. The van der Waals surface area contributed by atoms with Crippen molar-refractivity contribution in [3.63, 3.8) is 0 Å². The average molecular weight is 192 g/mol. The minimum absolute atomic E-state index is 0.362. The zero-order chi connectivity index (χ0) is 9.94. The molecule has 0 radical (unpaired) electrons. The molecule has 0 aromatic rings. The Morgan fingerprint density at radius 2 is 1.67 bits per heavy atom. The third kappa shape index (κ3) is 3.21. The van der Waals surface area contributed by atoms with E-state index in [1.807, 2.05) is 0 Å². The minimum Gasteiger partial charge on any atom is -0.861 e. The van der Waals surface area contributed by atoms with E-state index in [1.54, 1.807) is 13.8 Å². The van der Waals surface area contributed by atoms with Gasteiger partial charge in [-0.05, 0) is 25.7 Å². The quantitative estimate of drug-likeness (QED) is 0.471. The van der Waals surface area contributed by atoms with Crippen LogP contribution in [0.4, 0.5) is 0 Å². The second-order valence-electron chi connectivity index (χ2n) is 3.15. The zero-order valence-corrected chi connectivity index (χ0v) is 8.55. The van der Waals surface area contributed by atoms with Crippen molar-refractivity contribution in [3.05, 3.63) is 0 Å². The summed E-state index contributed by atoms with van der Waals surface area (Å²) < 4.78 is 25.3. The molecule has 0 aromatic heterocycles. The molecule has 0 N–H and O–H groups in total. The van der Waals surface area contributed by atoms with Gasteiger partial charge >= 0.3 is 0 Å². The van der Waals surface area contributed by atoms with Crippen molar-refractivity contribution in [1.29, 1.82) is 0 Å². The molecule has 0 rings (SSSR count). The number of sulfonamides is 1. The lowest BCUT2D eigenvalue weighted by atomic mass is 10.2. The van der Waals surface area contributed by atoms with Crippen LogP contribution in [0.5, 0.6) is 0 Å². The molecule has 5 heteroatoms. The first-order valence-electron chi connectivity index (χ1n) is 3.78.